The second kappa shape index (κ2) is 7.06. The van der Waals surface area contributed by atoms with Gasteiger partial charge in [0.25, 0.3) is 0 Å². The highest BCUT2D eigenvalue weighted by atomic mass is 127. The van der Waals surface area contributed by atoms with Crippen molar-refractivity contribution in [3.8, 4) is 0 Å². The number of rotatable bonds is 3. The Balaban J connectivity index is 3.47. The molecule has 0 radical (unpaired) electrons. The predicted octanol–water partition coefficient (Wildman–Crippen LogP) is 7.37. The van der Waals surface area contributed by atoms with E-state index in [-0.39, 0.29) is 0 Å². The predicted molar refractivity (Wildman–Crippen MR) is 113 cm³/mol. The Morgan fingerprint density at radius 3 is 1.48 bits per heavy atom. The third-order valence-electron chi connectivity index (χ3n) is 3.98. The van der Waals surface area contributed by atoms with E-state index in [1.165, 1.54) is 9.13 Å². The molecule has 0 aromatic heterocycles. The van der Waals surface area contributed by atoms with Gasteiger partial charge in [0.15, 0.2) is 0 Å². The Morgan fingerprint density at radius 2 is 1.09 bits per heavy atom. The van der Waals surface area contributed by atoms with Crippen LogP contribution in [0.1, 0.15) is 84.6 Å². The first-order valence-electron chi connectivity index (χ1n) is 8.89. The lowest BCUT2D eigenvalue weighted by atomic mass is 9.79. The summed E-state index contributed by atoms with van der Waals surface area (Å²) >= 11 is 2.60. The van der Waals surface area contributed by atoms with Gasteiger partial charge in [-0.15, -0.1) is 0 Å². The smallest absolute Gasteiger partial charge is 0.0197 e. The highest BCUT2D eigenvalue weighted by Gasteiger charge is 2.23. The summed E-state index contributed by atoms with van der Waals surface area (Å²) in [6, 6.07) is 2.50. The second-order valence-corrected chi connectivity index (χ2v) is 11.9. The molecule has 0 fully saturated rings. The molecule has 0 unspecified atom stereocenters. The molecular weight excluding hydrogens is 391 g/mol. The zero-order valence-electron chi connectivity index (χ0n) is 17.1. The fraction of sp³-hybridized carbons (Fsp3) is 0.727. The average molecular weight is 428 g/mol. The summed E-state index contributed by atoms with van der Waals surface area (Å²) in [4.78, 5) is 0. The van der Waals surface area contributed by atoms with Crippen LogP contribution in [0.5, 0.6) is 0 Å². The van der Waals surface area contributed by atoms with Crippen molar-refractivity contribution in [2.75, 3.05) is 0 Å². The molecule has 0 bridgehead atoms. The molecule has 0 aliphatic heterocycles. The molecule has 0 N–H and O–H groups in total. The van der Waals surface area contributed by atoms with Gasteiger partial charge in [0.05, 0.1) is 0 Å². The standard InChI is InChI=1S/C22H37I/c1-15-16(12-20(2,3)4)11-17(13-21(5,6)7)19(23)18(15)14-22(8,9)10/h11H,12-14H2,1-10H3. The molecule has 1 heteroatoms. The van der Waals surface area contributed by atoms with E-state index in [4.69, 9.17) is 0 Å². The van der Waals surface area contributed by atoms with Gasteiger partial charge in [0.2, 0.25) is 0 Å². The first-order valence-corrected chi connectivity index (χ1v) is 9.97. The molecule has 1 aromatic rings. The normalized spacial score (nSPS) is 13.5. The van der Waals surface area contributed by atoms with Gasteiger partial charge in [0.1, 0.15) is 0 Å². The van der Waals surface area contributed by atoms with Crippen LogP contribution in [-0.2, 0) is 19.3 Å². The fourth-order valence-electron chi connectivity index (χ4n) is 3.13. The summed E-state index contributed by atoms with van der Waals surface area (Å²) in [7, 11) is 0. The molecular formula is C22H37I. The van der Waals surface area contributed by atoms with E-state index in [1.54, 1.807) is 16.7 Å². The van der Waals surface area contributed by atoms with E-state index in [1.807, 2.05) is 0 Å². The van der Waals surface area contributed by atoms with Crippen LogP contribution in [0.2, 0.25) is 0 Å². The molecule has 0 aliphatic carbocycles. The molecule has 0 aliphatic rings. The lowest BCUT2D eigenvalue weighted by Crippen LogP contribution is -2.18. The van der Waals surface area contributed by atoms with Crippen LogP contribution >= 0.6 is 22.6 Å². The van der Waals surface area contributed by atoms with Crippen molar-refractivity contribution in [2.45, 2.75) is 88.5 Å². The van der Waals surface area contributed by atoms with Crippen LogP contribution in [0.15, 0.2) is 6.07 Å². The highest BCUT2D eigenvalue weighted by Crippen LogP contribution is 2.35. The third-order valence-corrected chi connectivity index (χ3v) is 5.32. The molecule has 132 valence electrons. The topological polar surface area (TPSA) is 0 Å². The number of benzene rings is 1. The van der Waals surface area contributed by atoms with Crippen LogP contribution in [0.3, 0.4) is 0 Å². The zero-order chi connectivity index (χ0) is 18.2. The second-order valence-electron chi connectivity index (χ2n) is 10.8. The fourth-order valence-corrected chi connectivity index (χ4v) is 4.07. The minimum Gasteiger partial charge on any atom is -0.0599 e. The quantitative estimate of drug-likeness (QED) is 0.441. The van der Waals surface area contributed by atoms with Crippen molar-refractivity contribution in [3.05, 3.63) is 31.9 Å². The van der Waals surface area contributed by atoms with Crippen molar-refractivity contribution < 1.29 is 0 Å². The van der Waals surface area contributed by atoms with Crippen molar-refractivity contribution >= 4 is 22.6 Å². The number of halogens is 1. The number of hydrogen-bond acceptors (Lipinski definition) is 0. The molecule has 0 saturated heterocycles. The largest absolute Gasteiger partial charge is 0.0599 e. The molecule has 23 heavy (non-hydrogen) atoms. The summed E-state index contributed by atoms with van der Waals surface area (Å²) in [5.74, 6) is 0. The lowest BCUT2D eigenvalue weighted by Gasteiger charge is -2.28. The summed E-state index contributed by atoms with van der Waals surface area (Å²) in [6.07, 6.45) is 3.47. The molecule has 0 nitrogen and oxygen atoms in total. The van der Waals surface area contributed by atoms with Gasteiger partial charge in [-0.1, -0.05) is 68.4 Å². The molecule has 0 amide bonds. The van der Waals surface area contributed by atoms with Crippen molar-refractivity contribution in [1.82, 2.24) is 0 Å². The first-order chi connectivity index (χ1) is 10.1. The van der Waals surface area contributed by atoms with Crippen LogP contribution in [0.25, 0.3) is 0 Å². The van der Waals surface area contributed by atoms with E-state index in [0.717, 1.165) is 19.3 Å². The van der Waals surface area contributed by atoms with E-state index in [2.05, 4.69) is 97.9 Å². The maximum atomic E-state index is 2.60. The van der Waals surface area contributed by atoms with Crippen molar-refractivity contribution in [3.63, 3.8) is 0 Å². The molecule has 1 rings (SSSR count). The van der Waals surface area contributed by atoms with Crippen LogP contribution in [0.4, 0.5) is 0 Å². The van der Waals surface area contributed by atoms with Crippen LogP contribution < -0.4 is 0 Å². The van der Waals surface area contributed by atoms with Crippen LogP contribution in [-0.4, -0.2) is 0 Å². The minimum atomic E-state index is 0.323. The maximum Gasteiger partial charge on any atom is 0.0197 e. The van der Waals surface area contributed by atoms with Gasteiger partial charge >= 0.3 is 0 Å². The van der Waals surface area contributed by atoms with Gasteiger partial charge in [0, 0.05) is 3.57 Å². The zero-order valence-corrected chi connectivity index (χ0v) is 19.2. The van der Waals surface area contributed by atoms with E-state index in [9.17, 15) is 0 Å². The average Bonchev–Trinajstić information content (AvgIpc) is 2.26. The Morgan fingerprint density at radius 1 is 0.696 bits per heavy atom. The first kappa shape index (κ1) is 21.0. The van der Waals surface area contributed by atoms with E-state index in [0.29, 0.717) is 16.2 Å². The maximum absolute atomic E-state index is 2.60. The minimum absolute atomic E-state index is 0.323. The summed E-state index contributed by atoms with van der Waals surface area (Å²) in [6.45, 7) is 23.4. The molecule has 0 saturated carbocycles. The van der Waals surface area contributed by atoms with Gasteiger partial charge < -0.3 is 0 Å². The Labute approximate surface area is 159 Å². The van der Waals surface area contributed by atoms with Gasteiger partial charge in [-0.05, 0) is 87.3 Å². The van der Waals surface area contributed by atoms with Gasteiger partial charge in [-0.2, -0.15) is 0 Å². The molecule has 1 aromatic carbocycles. The summed E-state index contributed by atoms with van der Waals surface area (Å²) < 4.78 is 1.50. The van der Waals surface area contributed by atoms with E-state index < -0.39 is 0 Å². The summed E-state index contributed by atoms with van der Waals surface area (Å²) in [5, 5.41) is 0. The van der Waals surface area contributed by atoms with Gasteiger partial charge in [-0.25, -0.2) is 0 Å². The Bertz CT molecular complexity index is 505. The van der Waals surface area contributed by atoms with Crippen molar-refractivity contribution in [1.29, 1.82) is 0 Å². The monoisotopic (exact) mass is 428 g/mol. The SMILES string of the molecule is Cc1c(CC(C)(C)C)cc(CC(C)(C)C)c(I)c1CC(C)(C)C. The third kappa shape index (κ3) is 7.15. The summed E-state index contributed by atoms with van der Waals surface area (Å²) in [5.41, 5.74) is 7.18. The Hall–Kier alpha value is -0.0500. The van der Waals surface area contributed by atoms with Crippen molar-refractivity contribution in [2.24, 2.45) is 16.2 Å². The molecule has 0 spiro atoms. The number of hydrogen-bond donors (Lipinski definition) is 0. The Kier molecular flexibility index (Phi) is 6.44. The highest BCUT2D eigenvalue weighted by molar-refractivity contribution is 14.1. The molecule has 0 atom stereocenters. The van der Waals surface area contributed by atoms with Gasteiger partial charge in [-0.3, -0.25) is 0 Å². The van der Waals surface area contributed by atoms with E-state index >= 15 is 0 Å². The molecule has 0 heterocycles. The lowest BCUT2D eigenvalue weighted by molar-refractivity contribution is 0.397. The van der Waals surface area contributed by atoms with Crippen LogP contribution in [0, 0.1) is 26.7 Å².